The molecule has 3 rings (SSSR count). The maximum absolute atomic E-state index is 12.2. The second-order valence-electron chi connectivity index (χ2n) is 5.65. The van der Waals surface area contributed by atoms with Crippen LogP contribution in [0.15, 0.2) is 42.6 Å². The van der Waals surface area contributed by atoms with Crippen molar-refractivity contribution in [1.82, 2.24) is 19.6 Å². The minimum atomic E-state index is -1.14. The average Bonchev–Trinajstić information content (AvgIpc) is 3.16. The van der Waals surface area contributed by atoms with Gasteiger partial charge in [-0.15, -0.1) is 0 Å². The van der Waals surface area contributed by atoms with E-state index in [0.29, 0.717) is 17.4 Å². The van der Waals surface area contributed by atoms with Gasteiger partial charge >= 0.3 is 5.97 Å². The summed E-state index contributed by atoms with van der Waals surface area (Å²) in [6.45, 7) is 2.13. The number of aromatic nitrogens is 4. The summed E-state index contributed by atoms with van der Waals surface area (Å²) in [6.07, 6.45) is 1.33. The summed E-state index contributed by atoms with van der Waals surface area (Å²) in [6, 6.07) is 10.5. The van der Waals surface area contributed by atoms with E-state index >= 15 is 0 Å². The molecule has 1 amide bonds. The first kappa shape index (κ1) is 17.7. The number of aromatic carboxylic acids is 1. The number of hydrogen-bond acceptors (Lipinski definition) is 4. The summed E-state index contributed by atoms with van der Waals surface area (Å²) in [7, 11) is 0. The number of nitrogens with zero attached hydrogens (tertiary/aromatic N) is 4. The Morgan fingerprint density at radius 2 is 2.00 bits per heavy atom. The summed E-state index contributed by atoms with van der Waals surface area (Å²) in [5.74, 6) is -1.18. The fourth-order valence-corrected chi connectivity index (χ4v) is 2.67. The fourth-order valence-electron chi connectivity index (χ4n) is 2.48. The van der Waals surface area contributed by atoms with Crippen LogP contribution in [0, 0.1) is 6.92 Å². The van der Waals surface area contributed by atoms with Crippen LogP contribution in [0.25, 0.3) is 0 Å². The highest BCUT2D eigenvalue weighted by Crippen LogP contribution is 2.18. The van der Waals surface area contributed by atoms with Crippen molar-refractivity contribution in [2.24, 2.45) is 0 Å². The van der Waals surface area contributed by atoms with Crippen molar-refractivity contribution in [1.29, 1.82) is 0 Å². The Hall–Kier alpha value is -3.13. The molecule has 0 aliphatic rings. The van der Waals surface area contributed by atoms with Crippen LogP contribution in [-0.4, -0.2) is 36.5 Å². The molecule has 134 valence electrons. The Labute approximate surface area is 154 Å². The number of amides is 1. The topological polar surface area (TPSA) is 102 Å². The van der Waals surface area contributed by atoms with Crippen molar-refractivity contribution in [2.75, 3.05) is 5.32 Å². The van der Waals surface area contributed by atoms with E-state index in [0.717, 1.165) is 15.9 Å². The van der Waals surface area contributed by atoms with Gasteiger partial charge in [-0.1, -0.05) is 29.8 Å². The number of carbonyl (C=O) groups excluding carboxylic acids is 1. The Balaban J connectivity index is 1.69. The van der Waals surface area contributed by atoms with Crippen molar-refractivity contribution in [3.05, 3.63) is 64.6 Å². The van der Waals surface area contributed by atoms with Gasteiger partial charge in [-0.25, -0.2) is 9.48 Å². The zero-order valence-corrected chi connectivity index (χ0v) is 14.6. The van der Waals surface area contributed by atoms with E-state index in [-0.39, 0.29) is 12.2 Å². The van der Waals surface area contributed by atoms with Crippen LogP contribution in [0.3, 0.4) is 0 Å². The van der Waals surface area contributed by atoms with Crippen LogP contribution in [-0.2, 0) is 17.9 Å². The number of carbonyl (C=O) groups is 2. The maximum atomic E-state index is 12.2. The first-order valence-corrected chi connectivity index (χ1v) is 8.14. The molecule has 3 aromatic rings. The molecule has 9 heteroatoms. The van der Waals surface area contributed by atoms with Crippen LogP contribution in [0.2, 0.25) is 5.02 Å². The molecule has 0 saturated heterocycles. The zero-order chi connectivity index (χ0) is 18.7. The number of hydrogen-bond donors (Lipinski definition) is 2. The van der Waals surface area contributed by atoms with Gasteiger partial charge in [-0.3, -0.25) is 9.48 Å². The molecule has 0 fully saturated rings. The lowest BCUT2D eigenvalue weighted by Crippen LogP contribution is -2.22. The van der Waals surface area contributed by atoms with Gasteiger partial charge in [0.2, 0.25) is 5.91 Å². The van der Waals surface area contributed by atoms with Gasteiger partial charge in [0.15, 0.2) is 5.82 Å². The van der Waals surface area contributed by atoms with E-state index in [1.807, 2.05) is 31.2 Å². The second kappa shape index (κ2) is 7.40. The molecule has 0 saturated carbocycles. The monoisotopic (exact) mass is 373 g/mol. The zero-order valence-electron chi connectivity index (χ0n) is 13.9. The van der Waals surface area contributed by atoms with Gasteiger partial charge in [-0.2, -0.15) is 10.2 Å². The molecule has 2 N–H and O–H groups in total. The number of anilines is 1. The predicted molar refractivity (Wildman–Crippen MR) is 95.3 cm³/mol. The average molecular weight is 374 g/mol. The molecular weight excluding hydrogens is 358 g/mol. The summed E-state index contributed by atoms with van der Waals surface area (Å²) < 4.78 is 2.85. The summed E-state index contributed by atoms with van der Waals surface area (Å²) >= 11 is 6.17. The number of carboxylic acid groups (broad SMARTS) is 1. The third-order valence-corrected chi connectivity index (χ3v) is 4.12. The van der Waals surface area contributed by atoms with Gasteiger partial charge < -0.3 is 10.4 Å². The van der Waals surface area contributed by atoms with Crippen molar-refractivity contribution in [3.63, 3.8) is 0 Å². The summed E-state index contributed by atoms with van der Waals surface area (Å²) in [5, 5.41) is 20.5. The Morgan fingerprint density at radius 3 is 2.73 bits per heavy atom. The van der Waals surface area contributed by atoms with Crippen LogP contribution in [0.4, 0.5) is 5.82 Å². The van der Waals surface area contributed by atoms with Crippen LogP contribution >= 0.6 is 11.6 Å². The van der Waals surface area contributed by atoms with E-state index < -0.39 is 11.9 Å². The molecule has 2 heterocycles. The molecule has 0 atom stereocenters. The number of halogens is 1. The summed E-state index contributed by atoms with van der Waals surface area (Å²) in [5.41, 5.74) is 1.71. The molecule has 0 aliphatic carbocycles. The lowest BCUT2D eigenvalue weighted by molar-refractivity contribution is -0.116. The standard InChI is InChI=1S/C17H16ClN5O3/c1-11-8-15(21-22(11)9-12-4-2-3-5-13(12)18)20-16(24)10-23-14(17(25)26)6-7-19-23/h2-8H,9-10H2,1H3,(H,25,26)(H,20,21,24). The Kier molecular flexibility index (Phi) is 5.04. The molecule has 0 aliphatic heterocycles. The molecule has 26 heavy (non-hydrogen) atoms. The van der Waals surface area contributed by atoms with Crippen molar-refractivity contribution < 1.29 is 14.7 Å². The summed E-state index contributed by atoms with van der Waals surface area (Å²) in [4.78, 5) is 23.2. The highest BCUT2D eigenvalue weighted by Gasteiger charge is 2.14. The van der Waals surface area contributed by atoms with Gasteiger partial charge in [0.25, 0.3) is 0 Å². The molecule has 0 spiro atoms. The van der Waals surface area contributed by atoms with Crippen molar-refractivity contribution >= 4 is 29.3 Å². The SMILES string of the molecule is Cc1cc(NC(=O)Cn2nccc2C(=O)O)nn1Cc1ccccc1Cl. The van der Waals surface area contributed by atoms with Crippen LogP contribution in [0.1, 0.15) is 21.7 Å². The van der Waals surface area contributed by atoms with Crippen LogP contribution < -0.4 is 5.32 Å². The van der Waals surface area contributed by atoms with E-state index in [1.165, 1.54) is 12.3 Å². The Bertz CT molecular complexity index is 963. The molecule has 0 bridgehead atoms. The highest BCUT2D eigenvalue weighted by atomic mass is 35.5. The van der Waals surface area contributed by atoms with Crippen molar-refractivity contribution in [3.8, 4) is 0 Å². The fraction of sp³-hybridized carbons (Fsp3) is 0.176. The normalized spacial score (nSPS) is 10.7. The van der Waals surface area contributed by atoms with Gasteiger partial charge in [-0.05, 0) is 24.6 Å². The molecule has 1 aromatic carbocycles. The minimum Gasteiger partial charge on any atom is -0.477 e. The quantitative estimate of drug-likeness (QED) is 0.690. The molecular formula is C17H16ClN5O3. The predicted octanol–water partition coefficient (Wildman–Crippen LogP) is 2.43. The molecule has 2 aromatic heterocycles. The van der Waals surface area contributed by atoms with Crippen molar-refractivity contribution in [2.45, 2.75) is 20.0 Å². The molecule has 0 radical (unpaired) electrons. The third kappa shape index (κ3) is 3.92. The minimum absolute atomic E-state index is 0.0550. The first-order valence-electron chi connectivity index (χ1n) is 7.77. The van der Waals surface area contributed by atoms with Gasteiger partial charge in [0.05, 0.1) is 6.54 Å². The number of rotatable bonds is 6. The third-order valence-electron chi connectivity index (χ3n) is 3.76. The largest absolute Gasteiger partial charge is 0.477 e. The smallest absolute Gasteiger partial charge is 0.354 e. The van der Waals surface area contributed by atoms with Gasteiger partial charge in [0.1, 0.15) is 12.2 Å². The van der Waals surface area contributed by atoms with E-state index in [2.05, 4.69) is 15.5 Å². The lowest BCUT2D eigenvalue weighted by atomic mass is 10.2. The van der Waals surface area contributed by atoms with E-state index in [9.17, 15) is 9.59 Å². The van der Waals surface area contributed by atoms with E-state index in [4.69, 9.17) is 16.7 Å². The van der Waals surface area contributed by atoms with Crippen LogP contribution in [0.5, 0.6) is 0 Å². The molecule has 8 nitrogen and oxygen atoms in total. The second-order valence-corrected chi connectivity index (χ2v) is 6.05. The lowest BCUT2D eigenvalue weighted by Gasteiger charge is -2.06. The highest BCUT2D eigenvalue weighted by molar-refractivity contribution is 6.31. The number of benzene rings is 1. The first-order chi connectivity index (χ1) is 12.4. The number of nitrogens with one attached hydrogen (secondary N) is 1. The number of carboxylic acids is 1. The van der Waals surface area contributed by atoms with E-state index in [1.54, 1.807) is 10.7 Å². The molecule has 0 unspecified atom stereocenters. The Morgan fingerprint density at radius 1 is 1.23 bits per heavy atom. The number of aryl methyl sites for hydroxylation is 1. The maximum Gasteiger partial charge on any atom is 0.354 e. The van der Waals surface area contributed by atoms with Gasteiger partial charge in [0, 0.05) is 23.0 Å².